The van der Waals surface area contributed by atoms with Crippen LogP contribution in [0.25, 0.3) is 11.0 Å². The molecule has 0 bridgehead atoms. The fraction of sp³-hybridized carbons (Fsp3) is 0.524. The Bertz CT molecular complexity index is 1050. The van der Waals surface area contributed by atoms with E-state index in [9.17, 15) is 18.3 Å². The predicted octanol–water partition coefficient (Wildman–Crippen LogP) is 4.03. The van der Waals surface area contributed by atoms with Crippen molar-refractivity contribution in [3.05, 3.63) is 42.4 Å². The van der Waals surface area contributed by atoms with E-state index in [4.69, 9.17) is 9.15 Å². The maximum Gasteiger partial charge on any atom is 0.418 e. The number of nitrogens with zero attached hydrogens (tertiary/aromatic N) is 3. The van der Waals surface area contributed by atoms with Crippen molar-refractivity contribution in [1.29, 1.82) is 0 Å². The van der Waals surface area contributed by atoms with Crippen LogP contribution in [0.5, 0.6) is 5.75 Å². The number of hydrogen-bond donors (Lipinski definition) is 2. The van der Waals surface area contributed by atoms with Gasteiger partial charge < -0.3 is 24.1 Å². The van der Waals surface area contributed by atoms with Crippen LogP contribution in [-0.2, 0) is 11.8 Å². The number of aliphatic hydroxyl groups is 1. The van der Waals surface area contributed by atoms with Gasteiger partial charge in [0.15, 0.2) is 12.2 Å². The summed E-state index contributed by atoms with van der Waals surface area (Å²) in [6.07, 6.45) is 0.309. The summed E-state index contributed by atoms with van der Waals surface area (Å²) in [5.41, 5.74) is -1.73. The second kappa shape index (κ2) is 7.83. The Morgan fingerprint density at radius 3 is 2.77 bits per heavy atom. The Labute approximate surface area is 177 Å². The molecule has 3 atom stereocenters. The molecule has 1 aromatic carbocycles. The molecule has 0 aliphatic carbocycles. The number of alkyl halides is 3. The van der Waals surface area contributed by atoms with Crippen LogP contribution in [0, 0.1) is 0 Å². The first kappa shape index (κ1) is 21.6. The Morgan fingerprint density at radius 1 is 1.35 bits per heavy atom. The van der Waals surface area contributed by atoms with Crippen molar-refractivity contribution < 1.29 is 27.4 Å². The number of aromatic nitrogens is 3. The molecule has 168 valence electrons. The van der Waals surface area contributed by atoms with Gasteiger partial charge in [-0.15, -0.1) is 0 Å². The van der Waals surface area contributed by atoms with Crippen molar-refractivity contribution in [3.63, 3.8) is 0 Å². The summed E-state index contributed by atoms with van der Waals surface area (Å²) in [4.78, 5) is 8.01. The molecule has 7 nitrogen and oxygen atoms in total. The number of imidazole rings is 1. The summed E-state index contributed by atoms with van der Waals surface area (Å²) in [5.74, 6) is 0.447. The lowest BCUT2D eigenvalue weighted by molar-refractivity contribution is -0.136. The van der Waals surface area contributed by atoms with E-state index in [1.54, 1.807) is 13.8 Å². The molecule has 31 heavy (non-hydrogen) atoms. The zero-order valence-corrected chi connectivity index (χ0v) is 17.5. The van der Waals surface area contributed by atoms with Crippen LogP contribution >= 0.6 is 0 Å². The number of hydrogen-bond acceptors (Lipinski definition) is 6. The predicted molar refractivity (Wildman–Crippen MR) is 107 cm³/mol. The van der Waals surface area contributed by atoms with Gasteiger partial charge in [-0.25, -0.2) is 9.97 Å². The van der Waals surface area contributed by atoms with E-state index in [0.717, 1.165) is 6.07 Å². The normalized spacial score (nSPS) is 24.8. The Kier molecular flexibility index (Phi) is 5.47. The highest BCUT2D eigenvalue weighted by molar-refractivity contribution is 5.81. The molecule has 3 heterocycles. The van der Waals surface area contributed by atoms with Crippen LogP contribution in [0.4, 0.5) is 13.2 Å². The van der Waals surface area contributed by atoms with Gasteiger partial charge in [-0.1, -0.05) is 0 Å². The Morgan fingerprint density at radius 2 is 2.13 bits per heavy atom. The molecular weight excluding hydrogens is 413 g/mol. The molecule has 0 unspecified atom stereocenters. The molecule has 0 radical (unpaired) electrons. The molecule has 2 aromatic heterocycles. The van der Waals surface area contributed by atoms with Crippen LogP contribution in [0.3, 0.4) is 0 Å². The average molecular weight is 438 g/mol. The standard InChI is InChI=1S/C21H25F3N4O3/c1-12(2)28-10-26-17-5-15(4-16(19(17)28)21(22,23)24)30-9-14-7-20(29,6-13(3)27-14)18-8-25-11-31-18/h4-5,8,10-14,27,29H,6-7,9H2,1-3H3/t13-,14-,20+/m0/s1. The fourth-order valence-electron chi connectivity index (χ4n) is 4.30. The van der Waals surface area contributed by atoms with Crippen molar-refractivity contribution >= 4 is 11.0 Å². The molecule has 1 aliphatic rings. The summed E-state index contributed by atoms with van der Waals surface area (Å²) < 4.78 is 53.8. The average Bonchev–Trinajstić information content (AvgIpc) is 3.34. The molecule has 1 aliphatic heterocycles. The van der Waals surface area contributed by atoms with Gasteiger partial charge in [0, 0.05) is 30.6 Å². The minimum atomic E-state index is -4.55. The van der Waals surface area contributed by atoms with E-state index in [0.29, 0.717) is 12.2 Å². The van der Waals surface area contributed by atoms with E-state index in [2.05, 4.69) is 15.3 Å². The highest BCUT2D eigenvalue weighted by atomic mass is 19.4. The number of benzene rings is 1. The van der Waals surface area contributed by atoms with E-state index in [1.165, 1.54) is 29.6 Å². The third-order valence-electron chi connectivity index (χ3n) is 5.59. The minimum absolute atomic E-state index is 0.0407. The number of halogens is 3. The maximum absolute atomic E-state index is 13.8. The van der Waals surface area contributed by atoms with Gasteiger partial charge in [-0.3, -0.25) is 0 Å². The molecule has 4 rings (SSSR count). The lowest BCUT2D eigenvalue weighted by atomic mass is 9.82. The summed E-state index contributed by atoms with van der Waals surface area (Å²) in [6.45, 7) is 5.60. The summed E-state index contributed by atoms with van der Waals surface area (Å²) in [5, 5.41) is 14.3. The minimum Gasteiger partial charge on any atom is -0.492 e. The third kappa shape index (κ3) is 4.27. The molecule has 0 amide bonds. The quantitative estimate of drug-likeness (QED) is 0.626. The number of fused-ring (bicyclic) bond motifs is 1. The smallest absolute Gasteiger partial charge is 0.418 e. The zero-order chi connectivity index (χ0) is 22.4. The topological polar surface area (TPSA) is 85.3 Å². The highest BCUT2D eigenvalue weighted by Gasteiger charge is 2.41. The largest absolute Gasteiger partial charge is 0.492 e. The van der Waals surface area contributed by atoms with Crippen molar-refractivity contribution in [3.8, 4) is 5.75 Å². The van der Waals surface area contributed by atoms with Gasteiger partial charge in [-0.2, -0.15) is 13.2 Å². The van der Waals surface area contributed by atoms with E-state index in [-0.39, 0.29) is 47.9 Å². The Balaban J connectivity index is 1.58. The molecular formula is C21H25F3N4O3. The molecule has 0 saturated carbocycles. The van der Waals surface area contributed by atoms with Gasteiger partial charge >= 0.3 is 6.18 Å². The van der Waals surface area contributed by atoms with Gasteiger partial charge in [0.05, 0.1) is 29.1 Å². The second-order valence-corrected chi connectivity index (χ2v) is 8.46. The van der Waals surface area contributed by atoms with Crippen molar-refractivity contribution in [2.24, 2.45) is 0 Å². The number of piperidine rings is 1. The lowest BCUT2D eigenvalue weighted by Gasteiger charge is -2.39. The maximum atomic E-state index is 13.8. The van der Waals surface area contributed by atoms with Gasteiger partial charge in [0.2, 0.25) is 0 Å². The molecule has 1 fully saturated rings. The SMILES string of the molecule is CC(C)n1cnc2cc(OC[C@@H]3C[C@@](O)(c4cnco4)C[C@H](C)N3)cc(C(F)(F)F)c21. The Hall–Kier alpha value is -2.59. The van der Waals surface area contributed by atoms with Crippen LogP contribution in [0.15, 0.2) is 35.5 Å². The first-order valence-corrected chi connectivity index (χ1v) is 10.1. The van der Waals surface area contributed by atoms with Crippen molar-refractivity contribution in [1.82, 2.24) is 19.9 Å². The van der Waals surface area contributed by atoms with Crippen molar-refractivity contribution in [2.75, 3.05) is 6.61 Å². The number of nitrogens with one attached hydrogen (secondary N) is 1. The van der Waals surface area contributed by atoms with Gasteiger partial charge in [0.25, 0.3) is 0 Å². The van der Waals surface area contributed by atoms with Gasteiger partial charge in [0.1, 0.15) is 18.0 Å². The zero-order valence-electron chi connectivity index (χ0n) is 17.5. The van der Waals surface area contributed by atoms with Crippen LogP contribution in [-0.4, -0.2) is 38.3 Å². The first-order valence-electron chi connectivity index (χ1n) is 10.1. The van der Waals surface area contributed by atoms with E-state index < -0.39 is 17.3 Å². The molecule has 3 aromatic rings. The first-order chi connectivity index (χ1) is 14.6. The third-order valence-corrected chi connectivity index (χ3v) is 5.59. The highest BCUT2D eigenvalue weighted by Crippen LogP contribution is 2.39. The van der Waals surface area contributed by atoms with Crippen LogP contribution in [0.2, 0.25) is 0 Å². The number of ether oxygens (including phenoxy) is 1. The van der Waals surface area contributed by atoms with Crippen LogP contribution in [0.1, 0.15) is 51.0 Å². The second-order valence-electron chi connectivity index (χ2n) is 8.46. The molecule has 1 saturated heterocycles. The summed E-state index contributed by atoms with van der Waals surface area (Å²) in [6, 6.07) is 2.01. The lowest BCUT2D eigenvalue weighted by Crippen LogP contribution is -2.53. The summed E-state index contributed by atoms with van der Waals surface area (Å²) in [7, 11) is 0. The van der Waals surface area contributed by atoms with E-state index in [1.807, 2.05) is 6.92 Å². The molecule has 0 spiro atoms. The molecule has 10 heteroatoms. The van der Waals surface area contributed by atoms with Crippen molar-refractivity contribution in [2.45, 2.75) is 63.5 Å². The molecule has 2 N–H and O–H groups in total. The fourth-order valence-corrected chi connectivity index (χ4v) is 4.30. The van der Waals surface area contributed by atoms with Gasteiger partial charge in [-0.05, 0) is 33.3 Å². The summed E-state index contributed by atoms with van der Waals surface area (Å²) >= 11 is 0. The number of rotatable bonds is 5. The van der Waals surface area contributed by atoms with E-state index >= 15 is 0 Å². The number of oxazole rings is 1. The monoisotopic (exact) mass is 438 g/mol. The van der Waals surface area contributed by atoms with Crippen LogP contribution < -0.4 is 10.1 Å².